The van der Waals surface area contributed by atoms with Crippen molar-refractivity contribution < 1.29 is 14.3 Å². The summed E-state index contributed by atoms with van der Waals surface area (Å²) >= 11 is 0. The largest absolute Gasteiger partial charge is 0.360 e. The van der Waals surface area contributed by atoms with Gasteiger partial charge >= 0.3 is 0 Å². The third-order valence-corrected chi connectivity index (χ3v) is 5.62. The van der Waals surface area contributed by atoms with Gasteiger partial charge in [-0.25, -0.2) is 0 Å². The van der Waals surface area contributed by atoms with Gasteiger partial charge in [-0.1, -0.05) is 18.2 Å². The number of piperidine rings is 1. The summed E-state index contributed by atoms with van der Waals surface area (Å²) in [5.74, 6) is -0.0498. The van der Waals surface area contributed by atoms with Gasteiger partial charge in [-0.05, 0) is 56.0 Å². The van der Waals surface area contributed by atoms with Gasteiger partial charge in [0.05, 0.1) is 23.8 Å². The quantitative estimate of drug-likeness (QED) is 0.422. The van der Waals surface area contributed by atoms with E-state index in [0.29, 0.717) is 18.4 Å². The van der Waals surface area contributed by atoms with Crippen LogP contribution in [0.2, 0.25) is 0 Å². The standard InChI is InChI=1S/C23H27N3O3/c1-19-22(28)26(11-3-2-4-15-27)18-23(29-19)9-13-25(14-10-23)12-8-20-6-5-7-21(16-20)17-24/h2-7,11,15-16,19H,8-10,12-14,18H2,1H3/b4-2-,11-3+. The van der Waals surface area contributed by atoms with Crippen LogP contribution in [0.1, 0.15) is 30.9 Å². The molecule has 1 aromatic carbocycles. The highest BCUT2D eigenvalue weighted by atomic mass is 16.5. The zero-order chi connectivity index (χ0) is 20.7. The number of carbonyl (C=O) groups is 2. The van der Waals surface area contributed by atoms with Crippen molar-refractivity contribution in [1.29, 1.82) is 5.26 Å². The van der Waals surface area contributed by atoms with Crippen LogP contribution in [0.25, 0.3) is 0 Å². The van der Waals surface area contributed by atoms with Crippen LogP contribution in [-0.4, -0.2) is 59.9 Å². The Morgan fingerprint density at radius 2 is 2.07 bits per heavy atom. The highest BCUT2D eigenvalue weighted by Crippen LogP contribution is 2.33. The number of hydrogen-bond acceptors (Lipinski definition) is 5. The van der Waals surface area contributed by atoms with Crippen molar-refractivity contribution in [2.75, 3.05) is 26.2 Å². The number of likely N-dealkylation sites (tertiary alicyclic amines) is 1. The highest BCUT2D eigenvalue weighted by Gasteiger charge is 2.44. The maximum atomic E-state index is 12.4. The number of hydrogen-bond donors (Lipinski definition) is 0. The van der Waals surface area contributed by atoms with Gasteiger partial charge in [0.25, 0.3) is 5.91 Å². The van der Waals surface area contributed by atoms with E-state index in [-0.39, 0.29) is 11.5 Å². The first-order valence-electron chi connectivity index (χ1n) is 10.0. The molecule has 1 aromatic rings. The molecule has 2 fully saturated rings. The normalized spacial score (nSPS) is 22.4. The molecule has 6 heteroatoms. The van der Waals surface area contributed by atoms with Gasteiger partial charge in [-0.2, -0.15) is 5.26 Å². The van der Waals surface area contributed by atoms with Gasteiger partial charge in [0.15, 0.2) is 0 Å². The summed E-state index contributed by atoms with van der Waals surface area (Å²) in [5.41, 5.74) is 1.56. The fraction of sp³-hybridized carbons (Fsp3) is 0.435. The van der Waals surface area contributed by atoms with Crippen LogP contribution in [0, 0.1) is 11.3 Å². The van der Waals surface area contributed by atoms with E-state index in [1.54, 1.807) is 30.2 Å². The number of morpholine rings is 1. The van der Waals surface area contributed by atoms with Crippen molar-refractivity contribution >= 4 is 12.2 Å². The monoisotopic (exact) mass is 393 g/mol. The van der Waals surface area contributed by atoms with E-state index in [1.165, 1.54) is 11.6 Å². The summed E-state index contributed by atoms with van der Waals surface area (Å²) < 4.78 is 6.16. The van der Waals surface area contributed by atoms with E-state index in [0.717, 1.165) is 38.9 Å². The maximum absolute atomic E-state index is 12.4. The van der Waals surface area contributed by atoms with Crippen molar-refractivity contribution in [3.8, 4) is 6.07 Å². The lowest BCUT2D eigenvalue weighted by atomic mass is 9.88. The summed E-state index contributed by atoms with van der Waals surface area (Å²) in [6.07, 6.45) is 9.36. The predicted molar refractivity (Wildman–Crippen MR) is 110 cm³/mol. The molecule has 2 aliphatic heterocycles. The molecule has 1 spiro atoms. The molecule has 29 heavy (non-hydrogen) atoms. The minimum absolute atomic E-state index is 0.0498. The maximum Gasteiger partial charge on any atom is 0.255 e. The Hall–Kier alpha value is -2.75. The lowest BCUT2D eigenvalue weighted by Gasteiger charge is -2.48. The average Bonchev–Trinajstić information content (AvgIpc) is 2.74. The highest BCUT2D eigenvalue weighted by molar-refractivity contribution is 5.82. The molecule has 1 amide bonds. The molecule has 0 radical (unpaired) electrons. The Morgan fingerprint density at radius 3 is 2.79 bits per heavy atom. The third kappa shape index (κ3) is 5.41. The average molecular weight is 393 g/mol. The number of nitriles is 1. The molecule has 0 bridgehead atoms. The zero-order valence-electron chi connectivity index (χ0n) is 16.8. The lowest BCUT2D eigenvalue weighted by Crippen LogP contribution is -2.60. The van der Waals surface area contributed by atoms with Crippen molar-refractivity contribution in [2.45, 2.75) is 37.9 Å². The zero-order valence-corrected chi connectivity index (χ0v) is 16.8. The molecule has 0 aromatic heterocycles. The molecule has 2 saturated heterocycles. The third-order valence-electron chi connectivity index (χ3n) is 5.62. The number of nitrogens with zero attached hydrogens (tertiary/aromatic N) is 3. The van der Waals surface area contributed by atoms with Gasteiger partial charge < -0.3 is 14.5 Å². The molecule has 0 saturated carbocycles. The molecule has 1 unspecified atom stereocenters. The van der Waals surface area contributed by atoms with E-state index in [2.05, 4.69) is 17.0 Å². The second-order valence-corrected chi connectivity index (χ2v) is 7.68. The predicted octanol–water partition coefficient (Wildman–Crippen LogP) is 2.45. The number of benzene rings is 1. The first-order valence-corrected chi connectivity index (χ1v) is 10.0. The van der Waals surface area contributed by atoms with Gasteiger partial charge in [-0.3, -0.25) is 9.59 Å². The minimum atomic E-state index is -0.469. The van der Waals surface area contributed by atoms with E-state index < -0.39 is 6.10 Å². The van der Waals surface area contributed by atoms with Crippen molar-refractivity contribution in [1.82, 2.24) is 9.80 Å². The fourth-order valence-corrected chi connectivity index (χ4v) is 4.02. The number of amides is 1. The first-order chi connectivity index (χ1) is 14.0. The fourth-order valence-electron chi connectivity index (χ4n) is 4.02. The smallest absolute Gasteiger partial charge is 0.255 e. The molecule has 0 aliphatic carbocycles. The lowest BCUT2D eigenvalue weighted by molar-refractivity contribution is -0.184. The molecule has 1 atom stereocenters. The Kier molecular flexibility index (Phi) is 6.97. The second-order valence-electron chi connectivity index (χ2n) is 7.68. The molecule has 0 N–H and O–H groups in total. The molecular formula is C23H27N3O3. The van der Waals surface area contributed by atoms with Crippen LogP contribution in [-0.2, 0) is 20.7 Å². The van der Waals surface area contributed by atoms with E-state index in [4.69, 9.17) is 10.00 Å². The second kappa shape index (κ2) is 9.64. The number of ether oxygens (including phenoxy) is 1. The van der Waals surface area contributed by atoms with Crippen LogP contribution in [0.3, 0.4) is 0 Å². The molecule has 2 aliphatic rings. The summed E-state index contributed by atoms with van der Waals surface area (Å²) in [6, 6.07) is 9.96. The number of aldehydes is 1. The minimum Gasteiger partial charge on any atom is -0.360 e. The SMILES string of the molecule is CC1OC2(CCN(CCc3cccc(C#N)c3)CC2)CN(/C=C/C=C\C=O)C1=O. The van der Waals surface area contributed by atoms with Crippen LogP contribution in [0.15, 0.2) is 48.7 Å². The Bertz CT molecular complexity index is 832. The van der Waals surface area contributed by atoms with Gasteiger partial charge in [-0.15, -0.1) is 0 Å². The number of allylic oxidation sites excluding steroid dienone is 3. The van der Waals surface area contributed by atoms with Crippen LogP contribution in [0.4, 0.5) is 0 Å². The topological polar surface area (TPSA) is 73.6 Å². The molecular weight excluding hydrogens is 366 g/mol. The van der Waals surface area contributed by atoms with E-state index >= 15 is 0 Å². The van der Waals surface area contributed by atoms with Crippen LogP contribution >= 0.6 is 0 Å². The van der Waals surface area contributed by atoms with Crippen molar-refractivity contribution in [3.63, 3.8) is 0 Å². The van der Waals surface area contributed by atoms with Gasteiger partial charge in [0.2, 0.25) is 0 Å². The summed E-state index contributed by atoms with van der Waals surface area (Å²) in [5, 5.41) is 9.04. The molecule has 3 rings (SSSR count). The molecule has 152 valence electrons. The summed E-state index contributed by atoms with van der Waals surface area (Å²) in [7, 11) is 0. The van der Waals surface area contributed by atoms with Crippen molar-refractivity contribution in [3.05, 3.63) is 59.8 Å². The number of rotatable bonds is 6. The van der Waals surface area contributed by atoms with Crippen LogP contribution < -0.4 is 0 Å². The van der Waals surface area contributed by atoms with Gasteiger partial charge in [0.1, 0.15) is 12.4 Å². The van der Waals surface area contributed by atoms with Crippen molar-refractivity contribution in [2.24, 2.45) is 0 Å². The first kappa shape index (κ1) is 21.0. The van der Waals surface area contributed by atoms with Crippen LogP contribution in [0.5, 0.6) is 0 Å². The molecule has 6 nitrogen and oxygen atoms in total. The summed E-state index contributed by atoms with van der Waals surface area (Å²) in [4.78, 5) is 26.9. The number of carbonyl (C=O) groups excluding carboxylic acids is 2. The van der Waals surface area contributed by atoms with Gasteiger partial charge in [0, 0.05) is 25.8 Å². The Morgan fingerprint density at radius 1 is 1.28 bits per heavy atom. The molecule has 2 heterocycles. The summed E-state index contributed by atoms with van der Waals surface area (Å²) in [6.45, 7) is 5.13. The Balaban J connectivity index is 1.55. The Labute approximate surface area is 172 Å². The van der Waals surface area contributed by atoms with E-state index in [1.807, 2.05) is 18.2 Å². The van der Waals surface area contributed by atoms with E-state index in [9.17, 15) is 9.59 Å².